The first-order chi connectivity index (χ1) is 9.58. The Morgan fingerprint density at radius 2 is 1.35 bits per heavy atom. The van der Waals surface area contributed by atoms with E-state index in [1.165, 1.54) is 12.1 Å². The van der Waals surface area contributed by atoms with E-state index in [4.69, 9.17) is 11.6 Å². The third kappa shape index (κ3) is 3.27. The van der Waals surface area contributed by atoms with Crippen LogP contribution < -0.4 is 10.6 Å². The average molecular weight is 291 g/mol. The number of phenols is 1. The minimum atomic E-state index is -0.897. The van der Waals surface area contributed by atoms with Crippen molar-refractivity contribution in [2.24, 2.45) is 0 Å². The topological polar surface area (TPSA) is 78.4 Å². The largest absolute Gasteiger partial charge is 0.506 e. The van der Waals surface area contributed by atoms with Crippen LogP contribution in [-0.2, 0) is 9.59 Å². The molecule has 0 saturated carbocycles. The Morgan fingerprint density at radius 3 is 1.95 bits per heavy atom. The normalized spacial score (nSPS) is 9.85. The van der Waals surface area contributed by atoms with Crippen molar-refractivity contribution in [3.63, 3.8) is 0 Å². The second-order valence-corrected chi connectivity index (χ2v) is 4.31. The third-order valence-electron chi connectivity index (χ3n) is 2.48. The number of carbonyl (C=O) groups is 2. The van der Waals surface area contributed by atoms with Gasteiger partial charge in [0.05, 0.1) is 16.4 Å². The average Bonchev–Trinajstić information content (AvgIpc) is 2.43. The molecule has 0 radical (unpaired) electrons. The summed E-state index contributed by atoms with van der Waals surface area (Å²) in [6.45, 7) is 0. The van der Waals surface area contributed by atoms with Gasteiger partial charge in [-0.05, 0) is 24.3 Å². The van der Waals surface area contributed by atoms with Crippen molar-refractivity contribution in [1.29, 1.82) is 0 Å². The fourth-order valence-corrected chi connectivity index (χ4v) is 1.68. The van der Waals surface area contributed by atoms with E-state index in [1.54, 1.807) is 36.4 Å². The molecule has 0 aliphatic carbocycles. The Labute approximate surface area is 120 Å². The van der Waals surface area contributed by atoms with Gasteiger partial charge in [-0.2, -0.15) is 0 Å². The number of anilines is 2. The van der Waals surface area contributed by atoms with Crippen LogP contribution >= 0.6 is 11.6 Å². The number of halogens is 1. The lowest BCUT2D eigenvalue weighted by atomic mass is 10.3. The Hall–Kier alpha value is -2.53. The predicted molar refractivity (Wildman–Crippen MR) is 76.8 cm³/mol. The van der Waals surface area contributed by atoms with E-state index in [-0.39, 0.29) is 11.4 Å². The highest BCUT2D eigenvalue weighted by molar-refractivity contribution is 6.44. The molecule has 0 heterocycles. The first kappa shape index (κ1) is 13.9. The van der Waals surface area contributed by atoms with Gasteiger partial charge in [0.15, 0.2) is 0 Å². The van der Waals surface area contributed by atoms with Gasteiger partial charge in [0.25, 0.3) is 0 Å². The van der Waals surface area contributed by atoms with Crippen molar-refractivity contribution in [3.05, 3.63) is 53.6 Å². The number of para-hydroxylation sites is 3. The summed E-state index contributed by atoms with van der Waals surface area (Å²) in [7, 11) is 0. The number of hydrogen-bond donors (Lipinski definition) is 3. The van der Waals surface area contributed by atoms with Crippen molar-refractivity contribution in [2.75, 3.05) is 10.6 Å². The number of hydrogen-bond acceptors (Lipinski definition) is 3. The van der Waals surface area contributed by atoms with E-state index >= 15 is 0 Å². The molecule has 5 nitrogen and oxygen atoms in total. The molecule has 3 N–H and O–H groups in total. The van der Waals surface area contributed by atoms with Gasteiger partial charge in [-0.25, -0.2) is 0 Å². The summed E-state index contributed by atoms with van der Waals surface area (Å²) >= 11 is 5.87. The number of rotatable bonds is 2. The van der Waals surface area contributed by atoms with Crippen LogP contribution in [0, 0.1) is 0 Å². The van der Waals surface area contributed by atoms with E-state index < -0.39 is 11.8 Å². The van der Waals surface area contributed by atoms with Crippen LogP contribution in [0.5, 0.6) is 5.75 Å². The van der Waals surface area contributed by atoms with Crippen LogP contribution in [-0.4, -0.2) is 16.9 Å². The number of amides is 2. The maximum absolute atomic E-state index is 11.7. The summed E-state index contributed by atoms with van der Waals surface area (Å²) in [5.74, 6) is -1.89. The zero-order valence-corrected chi connectivity index (χ0v) is 11.0. The smallest absolute Gasteiger partial charge is 0.314 e. The number of nitrogens with one attached hydrogen (secondary N) is 2. The lowest BCUT2D eigenvalue weighted by Crippen LogP contribution is -2.29. The first-order valence-corrected chi connectivity index (χ1v) is 6.10. The lowest BCUT2D eigenvalue weighted by molar-refractivity contribution is -0.133. The molecular weight excluding hydrogens is 280 g/mol. The van der Waals surface area contributed by atoms with Crippen LogP contribution in [0.3, 0.4) is 0 Å². The molecule has 2 rings (SSSR count). The number of carbonyl (C=O) groups excluding carboxylic acids is 2. The van der Waals surface area contributed by atoms with Crippen molar-refractivity contribution < 1.29 is 14.7 Å². The fraction of sp³-hybridized carbons (Fsp3) is 0. The predicted octanol–water partition coefficient (Wildman–Crippen LogP) is 2.62. The highest BCUT2D eigenvalue weighted by Gasteiger charge is 2.16. The van der Waals surface area contributed by atoms with E-state index in [0.29, 0.717) is 10.7 Å². The third-order valence-corrected chi connectivity index (χ3v) is 2.81. The number of phenolic OH excluding ortho intramolecular Hbond substituents is 1. The molecular formula is C14H11ClN2O3. The number of benzene rings is 2. The second kappa shape index (κ2) is 6.08. The van der Waals surface area contributed by atoms with Gasteiger partial charge in [-0.3, -0.25) is 9.59 Å². The van der Waals surface area contributed by atoms with Gasteiger partial charge in [0.2, 0.25) is 0 Å². The highest BCUT2D eigenvalue weighted by Crippen LogP contribution is 2.22. The molecule has 0 bridgehead atoms. The molecule has 20 heavy (non-hydrogen) atoms. The van der Waals surface area contributed by atoms with Gasteiger partial charge in [0, 0.05) is 0 Å². The monoisotopic (exact) mass is 290 g/mol. The molecule has 0 aliphatic heterocycles. The molecule has 2 aromatic carbocycles. The second-order valence-electron chi connectivity index (χ2n) is 3.91. The molecule has 0 unspecified atom stereocenters. The van der Waals surface area contributed by atoms with Crippen molar-refractivity contribution >= 4 is 34.8 Å². The molecule has 0 aliphatic rings. The molecule has 2 amide bonds. The van der Waals surface area contributed by atoms with Crippen LogP contribution in [0.15, 0.2) is 48.5 Å². The minimum Gasteiger partial charge on any atom is -0.506 e. The number of aromatic hydroxyl groups is 1. The van der Waals surface area contributed by atoms with E-state index in [1.807, 2.05) is 0 Å². The molecule has 0 aromatic heterocycles. The fourth-order valence-electron chi connectivity index (χ4n) is 1.50. The summed E-state index contributed by atoms with van der Waals surface area (Å²) < 4.78 is 0. The Balaban J connectivity index is 2.05. The van der Waals surface area contributed by atoms with Crippen LogP contribution in [0.2, 0.25) is 5.02 Å². The van der Waals surface area contributed by atoms with Crippen molar-refractivity contribution in [1.82, 2.24) is 0 Å². The Bertz CT molecular complexity index is 601. The van der Waals surface area contributed by atoms with Crippen LogP contribution in [0.4, 0.5) is 11.4 Å². The van der Waals surface area contributed by atoms with Crippen molar-refractivity contribution in [2.45, 2.75) is 0 Å². The minimum absolute atomic E-state index is 0.119. The van der Waals surface area contributed by atoms with Gasteiger partial charge in [-0.1, -0.05) is 35.9 Å². The van der Waals surface area contributed by atoms with E-state index in [2.05, 4.69) is 10.6 Å². The SMILES string of the molecule is O=C(Nc1ccccc1O)C(=O)Nc1ccccc1Cl. The molecule has 102 valence electrons. The maximum Gasteiger partial charge on any atom is 0.314 e. The molecule has 0 fully saturated rings. The summed E-state index contributed by atoms with van der Waals surface area (Å²) in [4.78, 5) is 23.4. The summed E-state index contributed by atoms with van der Waals surface area (Å²) in [6, 6.07) is 12.7. The molecule has 0 spiro atoms. The molecule has 0 atom stereocenters. The van der Waals surface area contributed by atoms with Gasteiger partial charge in [-0.15, -0.1) is 0 Å². The van der Waals surface area contributed by atoms with Crippen LogP contribution in [0.1, 0.15) is 0 Å². The maximum atomic E-state index is 11.7. The standard InChI is InChI=1S/C14H11ClN2O3/c15-9-5-1-2-6-10(9)16-13(19)14(20)17-11-7-3-4-8-12(11)18/h1-8,18H,(H,16,19)(H,17,20). The van der Waals surface area contributed by atoms with Crippen LogP contribution in [0.25, 0.3) is 0 Å². The molecule has 0 saturated heterocycles. The summed E-state index contributed by atoms with van der Waals surface area (Å²) in [5, 5.41) is 14.5. The van der Waals surface area contributed by atoms with Gasteiger partial charge >= 0.3 is 11.8 Å². The van der Waals surface area contributed by atoms with E-state index in [9.17, 15) is 14.7 Å². The zero-order valence-electron chi connectivity index (χ0n) is 10.3. The van der Waals surface area contributed by atoms with E-state index in [0.717, 1.165) is 0 Å². The first-order valence-electron chi connectivity index (χ1n) is 5.73. The Morgan fingerprint density at radius 1 is 0.850 bits per heavy atom. The highest BCUT2D eigenvalue weighted by atomic mass is 35.5. The molecule has 2 aromatic rings. The van der Waals surface area contributed by atoms with Gasteiger partial charge < -0.3 is 15.7 Å². The summed E-state index contributed by atoms with van der Waals surface area (Å²) in [6.07, 6.45) is 0. The quantitative estimate of drug-likeness (QED) is 0.587. The summed E-state index contributed by atoms with van der Waals surface area (Å²) in [5.41, 5.74) is 0.499. The lowest BCUT2D eigenvalue weighted by Gasteiger charge is -2.08. The Kier molecular flexibility index (Phi) is 4.22. The van der Waals surface area contributed by atoms with Gasteiger partial charge in [0.1, 0.15) is 5.75 Å². The molecule has 6 heteroatoms. The van der Waals surface area contributed by atoms with Crippen molar-refractivity contribution in [3.8, 4) is 5.75 Å². The zero-order chi connectivity index (χ0) is 14.5.